The summed E-state index contributed by atoms with van der Waals surface area (Å²) in [6, 6.07) is 0. The minimum Gasteiger partial charge on any atom is -0.481 e. The molecule has 0 fully saturated rings. The zero-order valence-electron chi connectivity index (χ0n) is 13.4. The van der Waals surface area contributed by atoms with E-state index in [1.165, 1.54) is 0 Å². The molecule has 0 aromatic carbocycles. The van der Waals surface area contributed by atoms with Crippen LogP contribution in [0.2, 0.25) is 0 Å². The van der Waals surface area contributed by atoms with Crippen molar-refractivity contribution in [1.82, 2.24) is 0 Å². The fourth-order valence-corrected chi connectivity index (χ4v) is 2.40. The van der Waals surface area contributed by atoms with Gasteiger partial charge in [-0.15, -0.1) is 0 Å². The molecule has 0 saturated carbocycles. The Morgan fingerprint density at radius 2 is 1.50 bits per heavy atom. The van der Waals surface area contributed by atoms with E-state index in [1.54, 1.807) is 6.92 Å². The van der Waals surface area contributed by atoms with Crippen molar-refractivity contribution in [3.63, 3.8) is 0 Å². The Bertz CT molecular complexity index is 502. The number of esters is 2. The van der Waals surface area contributed by atoms with Crippen LogP contribution >= 0.6 is 0 Å². The molecule has 1 unspecified atom stereocenters. The molecule has 0 rings (SSSR count). The summed E-state index contributed by atoms with van der Waals surface area (Å²) in [5.74, 6) is -8.47. The van der Waals surface area contributed by atoms with Crippen LogP contribution in [0, 0.1) is 11.3 Å². The van der Waals surface area contributed by atoms with Crippen LogP contribution in [-0.4, -0.2) is 54.2 Å². The van der Waals surface area contributed by atoms with Gasteiger partial charge in [0.2, 0.25) is 5.41 Å². The standard InChI is InChI=1S/C14H23N3O7/c1-2-3-4-8(12(21)22)14(9(18)5-15,10(19)6-16)13(23)24-11(20)7-17/h8H,2-7,15-17H2,1H3,(H,21,22). The summed E-state index contributed by atoms with van der Waals surface area (Å²) >= 11 is 0. The predicted molar refractivity (Wildman–Crippen MR) is 81.4 cm³/mol. The minimum atomic E-state index is -2.77. The molecule has 24 heavy (non-hydrogen) atoms. The van der Waals surface area contributed by atoms with Crippen molar-refractivity contribution < 1.29 is 33.8 Å². The number of rotatable bonds is 11. The molecule has 10 nitrogen and oxygen atoms in total. The number of carboxylic acid groups (broad SMARTS) is 1. The molecular formula is C14H23N3O7. The van der Waals surface area contributed by atoms with Crippen LogP contribution in [0.4, 0.5) is 0 Å². The lowest BCUT2D eigenvalue weighted by Crippen LogP contribution is -2.59. The Balaban J connectivity index is 6.31. The summed E-state index contributed by atoms with van der Waals surface area (Å²) in [5, 5.41) is 9.46. The number of carbonyl (C=O) groups excluding carboxylic acids is 4. The third-order valence-corrected chi connectivity index (χ3v) is 3.61. The lowest BCUT2D eigenvalue weighted by molar-refractivity contribution is -0.178. The number of hydrogen-bond donors (Lipinski definition) is 4. The highest BCUT2D eigenvalue weighted by molar-refractivity contribution is 6.26. The van der Waals surface area contributed by atoms with Gasteiger partial charge in [-0.1, -0.05) is 19.8 Å². The molecule has 0 saturated heterocycles. The second kappa shape index (κ2) is 9.85. The maximum Gasteiger partial charge on any atom is 0.335 e. The van der Waals surface area contributed by atoms with E-state index in [-0.39, 0.29) is 6.42 Å². The number of nitrogens with two attached hydrogens (primary N) is 3. The average Bonchev–Trinajstić information content (AvgIpc) is 2.56. The topological polar surface area (TPSA) is 193 Å². The van der Waals surface area contributed by atoms with Crippen LogP contribution in [0.15, 0.2) is 0 Å². The maximum absolute atomic E-state index is 12.4. The lowest BCUT2D eigenvalue weighted by Gasteiger charge is -2.32. The number of unbranched alkanes of at least 4 members (excludes halogenated alkanes) is 1. The average molecular weight is 345 g/mol. The summed E-state index contributed by atoms with van der Waals surface area (Å²) in [5.41, 5.74) is 12.8. The van der Waals surface area contributed by atoms with Crippen LogP contribution in [-0.2, 0) is 28.7 Å². The van der Waals surface area contributed by atoms with Gasteiger partial charge in [-0.3, -0.25) is 19.2 Å². The molecule has 0 aromatic heterocycles. The third-order valence-electron chi connectivity index (χ3n) is 3.61. The second-order valence-corrected chi connectivity index (χ2v) is 5.06. The molecule has 0 aliphatic heterocycles. The first-order chi connectivity index (χ1) is 11.2. The summed E-state index contributed by atoms with van der Waals surface area (Å²) in [6.45, 7) is -0.532. The van der Waals surface area contributed by atoms with E-state index in [0.29, 0.717) is 12.8 Å². The van der Waals surface area contributed by atoms with Crippen molar-refractivity contribution in [2.75, 3.05) is 19.6 Å². The molecule has 10 heteroatoms. The van der Waals surface area contributed by atoms with Crippen LogP contribution in [0.25, 0.3) is 0 Å². The fraction of sp³-hybridized carbons (Fsp3) is 0.643. The van der Waals surface area contributed by atoms with Crippen molar-refractivity contribution >= 4 is 29.5 Å². The first-order valence-electron chi connectivity index (χ1n) is 7.38. The van der Waals surface area contributed by atoms with E-state index in [0.717, 1.165) is 0 Å². The van der Waals surface area contributed by atoms with Gasteiger partial charge in [0.1, 0.15) is 0 Å². The molecule has 7 N–H and O–H groups in total. The number of ketones is 2. The van der Waals surface area contributed by atoms with Gasteiger partial charge < -0.3 is 27.0 Å². The Hall–Kier alpha value is -2.17. The van der Waals surface area contributed by atoms with Crippen LogP contribution in [0.1, 0.15) is 26.2 Å². The van der Waals surface area contributed by atoms with Gasteiger partial charge in [-0.2, -0.15) is 0 Å². The molecule has 0 heterocycles. The largest absolute Gasteiger partial charge is 0.481 e. The number of ether oxygens (including phenoxy) is 1. The van der Waals surface area contributed by atoms with Crippen molar-refractivity contribution in [2.24, 2.45) is 28.5 Å². The number of aliphatic carboxylic acids is 1. The minimum absolute atomic E-state index is 0.171. The zero-order chi connectivity index (χ0) is 18.9. The van der Waals surface area contributed by atoms with E-state index in [4.69, 9.17) is 17.2 Å². The van der Waals surface area contributed by atoms with Crippen molar-refractivity contribution in [2.45, 2.75) is 26.2 Å². The molecule has 0 aromatic rings. The highest BCUT2D eigenvalue weighted by Gasteiger charge is 2.60. The summed E-state index contributed by atoms with van der Waals surface area (Å²) in [6.07, 6.45) is 0.687. The van der Waals surface area contributed by atoms with Crippen LogP contribution in [0.3, 0.4) is 0 Å². The van der Waals surface area contributed by atoms with E-state index < -0.39 is 60.4 Å². The van der Waals surface area contributed by atoms with Gasteiger partial charge in [0.25, 0.3) is 0 Å². The number of carbonyl (C=O) groups is 5. The van der Waals surface area contributed by atoms with E-state index in [2.05, 4.69) is 4.74 Å². The maximum atomic E-state index is 12.4. The molecule has 0 bridgehead atoms. The Morgan fingerprint density at radius 1 is 1.00 bits per heavy atom. The molecule has 0 aliphatic rings. The van der Waals surface area contributed by atoms with Gasteiger partial charge in [-0.25, -0.2) is 4.79 Å². The van der Waals surface area contributed by atoms with Gasteiger partial charge >= 0.3 is 17.9 Å². The summed E-state index contributed by atoms with van der Waals surface area (Å²) in [7, 11) is 0. The molecule has 1 atom stereocenters. The second-order valence-electron chi connectivity index (χ2n) is 5.06. The summed E-state index contributed by atoms with van der Waals surface area (Å²) < 4.78 is 4.40. The summed E-state index contributed by atoms with van der Waals surface area (Å²) in [4.78, 5) is 60.1. The third kappa shape index (κ3) is 4.43. The van der Waals surface area contributed by atoms with Gasteiger partial charge in [-0.05, 0) is 6.42 Å². The van der Waals surface area contributed by atoms with Crippen molar-refractivity contribution in [1.29, 1.82) is 0 Å². The first kappa shape index (κ1) is 21.8. The Labute approximate surface area is 138 Å². The Kier molecular flexibility index (Phi) is 8.96. The highest BCUT2D eigenvalue weighted by atomic mass is 16.6. The Morgan fingerprint density at radius 3 is 1.83 bits per heavy atom. The fourth-order valence-electron chi connectivity index (χ4n) is 2.40. The van der Waals surface area contributed by atoms with Gasteiger partial charge in [0.15, 0.2) is 11.6 Å². The molecule has 136 valence electrons. The van der Waals surface area contributed by atoms with Gasteiger partial charge in [0, 0.05) is 0 Å². The predicted octanol–water partition coefficient (Wildman–Crippen LogP) is -2.05. The number of hydrogen-bond acceptors (Lipinski definition) is 9. The normalized spacial score (nSPS) is 12.3. The van der Waals surface area contributed by atoms with Crippen molar-refractivity contribution in [3.05, 3.63) is 0 Å². The molecular weight excluding hydrogens is 322 g/mol. The monoisotopic (exact) mass is 345 g/mol. The molecule has 0 aliphatic carbocycles. The number of carboxylic acids is 1. The SMILES string of the molecule is CCCCC(C(=O)O)C(C(=O)CN)(C(=O)CN)C(=O)OC(=O)CN. The van der Waals surface area contributed by atoms with Crippen LogP contribution in [0.5, 0.6) is 0 Å². The van der Waals surface area contributed by atoms with E-state index in [9.17, 15) is 29.1 Å². The number of Topliss-reactive ketones (excluding diaryl/α,β-unsaturated/α-hetero) is 2. The first-order valence-corrected chi connectivity index (χ1v) is 7.38. The smallest absolute Gasteiger partial charge is 0.335 e. The quantitative estimate of drug-likeness (QED) is 0.239. The lowest BCUT2D eigenvalue weighted by atomic mass is 9.66. The zero-order valence-corrected chi connectivity index (χ0v) is 13.4. The molecule has 0 radical (unpaired) electrons. The molecule has 0 spiro atoms. The van der Waals surface area contributed by atoms with Gasteiger partial charge in [0.05, 0.1) is 25.6 Å². The highest BCUT2D eigenvalue weighted by Crippen LogP contribution is 2.36. The van der Waals surface area contributed by atoms with Crippen molar-refractivity contribution in [3.8, 4) is 0 Å². The van der Waals surface area contributed by atoms with Crippen LogP contribution < -0.4 is 17.2 Å². The van der Waals surface area contributed by atoms with E-state index >= 15 is 0 Å². The molecule has 0 amide bonds. The van der Waals surface area contributed by atoms with E-state index in [1.807, 2.05) is 0 Å².